The number of phenols is 1. The molecule has 0 aliphatic heterocycles. The van der Waals surface area contributed by atoms with Crippen molar-refractivity contribution in [2.24, 2.45) is 0 Å². The lowest BCUT2D eigenvalue weighted by Crippen LogP contribution is -2.03. The zero-order chi connectivity index (χ0) is 16.0. The summed E-state index contributed by atoms with van der Waals surface area (Å²) in [5, 5.41) is 11.1. The van der Waals surface area contributed by atoms with E-state index in [1.165, 1.54) is 11.3 Å². The number of benzene rings is 3. The van der Waals surface area contributed by atoms with Gasteiger partial charge in [-0.15, -0.1) is 11.3 Å². The Morgan fingerprint density at radius 2 is 1.65 bits per heavy atom. The molecular formula is C20H14O2S. The first-order valence-corrected chi connectivity index (χ1v) is 8.21. The molecule has 0 saturated carbocycles. The highest BCUT2D eigenvalue weighted by atomic mass is 32.1. The van der Waals surface area contributed by atoms with Crippen molar-refractivity contribution < 1.29 is 5.11 Å². The van der Waals surface area contributed by atoms with Crippen LogP contribution in [0.5, 0.6) is 5.75 Å². The van der Waals surface area contributed by atoms with Gasteiger partial charge in [0.2, 0.25) is 0 Å². The number of fused-ring (bicyclic) bond motifs is 2. The van der Waals surface area contributed by atoms with Gasteiger partial charge >= 0.3 is 0 Å². The van der Waals surface area contributed by atoms with Crippen LogP contribution >= 0.6 is 11.3 Å². The van der Waals surface area contributed by atoms with Crippen LogP contribution in [0.2, 0.25) is 0 Å². The SMILES string of the molecule is Cc1ccccc1-c1cccc2sc3cc(O)ccc3c(=O)c12. The van der Waals surface area contributed by atoms with Crippen LogP contribution in [0.15, 0.2) is 65.5 Å². The van der Waals surface area contributed by atoms with Crippen molar-refractivity contribution in [1.82, 2.24) is 0 Å². The number of phenolic OH excluding ortho intramolecular Hbond substituents is 1. The van der Waals surface area contributed by atoms with Crippen molar-refractivity contribution in [3.05, 3.63) is 76.5 Å². The van der Waals surface area contributed by atoms with Crippen LogP contribution in [-0.2, 0) is 0 Å². The Labute approximate surface area is 137 Å². The van der Waals surface area contributed by atoms with Crippen LogP contribution in [0.3, 0.4) is 0 Å². The third-order valence-electron chi connectivity index (χ3n) is 4.12. The van der Waals surface area contributed by atoms with Gasteiger partial charge in [-0.2, -0.15) is 0 Å². The fraction of sp³-hybridized carbons (Fsp3) is 0.0500. The van der Waals surface area contributed by atoms with Gasteiger partial charge in [-0.05, 0) is 47.9 Å². The summed E-state index contributed by atoms with van der Waals surface area (Å²) in [6.07, 6.45) is 0. The van der Waals surface area contributed by atoms with E-state index in [0.717, 1.165) is 31.5 Å². The normalized spacial score (nSPS) is 11.2. The van der Waals surface area contributed by atoms with Gasteiger partial charge in [0.15, 0.2) is 5.43 Å². The van der Waals surface area contributed by atoms with E-state index in [2.05, 4.69) is 19.1 Å². The van der Waals surface area contributed by atoms with Gasteiger partial charge < -0.3 is 5.11 Å². The lowest BCUT2D eigenvalue weighted by molar-refractivity contribution is 0.476. The van der Waals surface area contributed by atoms with Gasteiger partial charge in [-0.25, -0.2) is 0 Å². The molecule has 2 nitrogen and oxygen atoms in total. The van der Waals surface area contributed by atoms with E-state index in [9.17, 15) is 9.90 Å². The highest BCUT2D eigenvalue weighted by molar-refractivity contribution is 7.24. The Hall–Kier alpha value is -2.65. The van der Waals surface area contributed by atoms with Crippen molar-refractivity contribution in [3.63, 3.8) is 0 Å². The highest BCUT2D eigenvalue weighted by Crippen LogP contribution is 2.34. The van der Waals surface area contributed by atoms with Gasteiger partial charge in [0.1, 0.15) is 5.75 Å². The van der Waals surface area contributed by atoms with Gasteiger partial charge in [-0.3, -0.25) is 4.79 Å². The molecule has 0 bridgehead atoms. The zero-order valence-corrected chi connectivity index (χ0v) is 13.4. The van der Waals surface area contributed by atoms with Gasteiger partial charge in [0.25, 0.3) is 0 Å². The van der Waals surface area contributed by atoms with Crippen molar-refractivity contribution in [2.75, 3.05) is 0 Å². The van der Waals surface area contributed by atoms with E-state index in [-0.39, 0.29) is 11.2 Å². The van der Waals surface area contributed by atoms with E-state index in [0.29, 0.717) is 5.39 Å². The Kier molecular flexibility index (Phi) is 3.17. The Morgan fingerprint density at radius 3 is 2.48 bits per heavy atom. The number of hydrogen-bond donors (Lipinski definition) is 1. The molecule has 112 valence electrons. The van der Waals surface area contributed by atoms with Gasteiger partial charge in [0.05, 0.1) is 0 Å². The summed E-state index contributed by atoms with van der Waals surface area (Å²) in [7, 11) is 0. The molecule has 23 heavy (non-hydrogen) atoms. The molecule has 4 rings (SSSR count). The summed E-state index contributed by atoms with van der Waals surface area (Å²) in [5.74, 6) is 0.183. The first kappa shape index (κ1) is 14.0. The predicted octanol–water partition coefficient (Wildman–Crippen LogP) is 5.10. The molecule has 3 heteroatoms. The Balaban J connectivity index is 2.18. The molecule has 0 spiro atoms. The minimum atomic E-state index is 0.0209. The molecule has 0 aliphatic carbocycles. The van der Waals surface area contributed by atoms with E-state index >= 15 is 0 Å². The summed E-state index contributed by atoms with van der Waals surface area (Å²) >= 11 is 1.53. The van der Waals surface area contributed by atoms with E-state index < -0.39 is 0 Å². The van der Waals surface area contributed by atoms with Crippen LogP contribution in [0.1, 0.15) is 5.56 Å². The average Bonchev–Trinajstić information content (AvgIpc) is 2.54. The number of rotatable bonds is 1. The molecule has 0 amide bonds. The quantitative estimate of drug-likeness (QED) is 0.496. The molecule has 3 aromatic carbocycles. The lowest BCUT2D eigenvalue weighted by Gasteiger charge is -2.10. The van der Waals surface area contributed by atoms with Crippen LogP contribution in [0, 0.1) is 6.92 Å². The standard InChI is InChI=1S/C20H14O2S/c1-12-5-2-3-6-14(12)15-7-4-8-17-19(15)20(22)16-10-9-13(21)11-18(16)23-17/h2-11,21H,1H3. The fourth-order valence-corrected chi connectivity index (χ4v) is 4.12. The molecule has 0 aliphatic rings. The molecule has 1 N–H and O–H groups in total. The number of aromatic hydroxyl groups is 1. The lowest BCUT2D eigenvalue weighted by atomic mass is 9.97. The zero-order valence-electron chi connectivity index (χ0n) is 12.5. The van der Waals surface area contributed by atoms with Crippen LogP contribution in [0.25, 0.3) is 31.3 Å². The monoisotopic (exact) mass is 318 g/mol. The molecule has 0 unspecified atom stereocenters. The second-order valence-electron chi connectivity index (χ2n) is 5.61. The minimum Gasteiger partial charge on any atom is -0.508 e. The van der Waals surface area contributed by atoms with Crippen molar-refractivity contribution >= 4 is 31.5 Å². The maximum atomic E-state index is 13.0. The molecular weight excluding hydrogens is 304 g/mol. The van der Waals surface area contributed by atoms with Crippen LogP contribution < -0.4 is 5.43 Å². The van der Waals surface area contributed by atoms with Crippen molar-refractivity contribution in [1.29, 1.82) is 0 Å². The maximum absolute atomic E-state index is 13.0. The number of aryl methyl sites for hydroxylation is 1. The second-order valence-corrected chi connectivity index (χ2v) is 6.69. The molecule has 0 fully saturated rings. The maximum Gasteiger partial charge on any atom is 0.196 e. The molecule has 0 atom stereocenters. The second kappa shape index (κ2) is 5.21. The summed E-state index contributed by atoms with van der Waals surface area (Å²) in [6.45, 7) is 2.06. The third kappa shape index (κ3) is 2.21. The van der Waals surface area contributed by atoms with Crippen LogP contribution in [-0.4, -0.2) is 5.11 Å². The Morgan fingerprint density at radius 1 is 0.870 bits per heavy atom. The van der Waals surface area contributed by atoms with Gasteiger partial charge in [0, 0.05) is 20.2 Å². The average molecular weight is 318 g/mol. The first-order chi connectivity index (χ1) is 11.1. The van der Waals surface area contributed by atoms with Crippen molar-refractivity contribution in [3.8, 4) is 16.9 Å². The third-order valence-corrected chi connectivity index (χ3v) is 5.24. The largest absolute Gasteiger partial charge is 0.508 e. The van der Waals surface area contributed by atoms with Crippen LogP contribution in [0.4, 0.5) is 0 Å². The highest BCUT2D eigenvalue weighted by Gasteiger charge is 2.12. The summed E-state index contributed by atoms with van der Waals surface area (Å²) in [4.78, 5) is 13.0. The number of hydrogen-bond acceptors (Lipinski definition) is 3. The predicted molar refractivity (Wildman–Crippen MR) is 97.4 cm³/mol. The smallest absolute Gasteiger partial charge is 0.196 e. The van der Waals surface area contributed by atoms with Gasteiger partial charge in [-0.1, -0.05) is 36.4 Å². The fourth-order valence-electron chi connectivity index (χ4n) is 2.99. The topological polar surface area (TPSA) is 37.3 Å². The molecule has 0 saturated heterocycles. The molecule has 4 aromatic rings. The molecule has 1 aromatic heterocycles. The summed E-state index contributed by atoms with van der Waals surface area (Å²) in [6, 6.07) is 19.0. The van der Waals surface area contributed by atoms with E-state index in [4.69, 9.17) is 0 Å². The van der Waals surface area contributed by atoms with E-state index in [1.54, 1.807) is 18.2 Å². The molecule has 1 heterocycles. The molecule has 0 radical (unpaired) electrons. The van der Waals surface area contributed by atoms with Crippen molar-refractivity contribution in [2.45, 2.75) is 6.92 Å². The van der Waals surface area contributed by atoms with E-state index in [1.807, 2.05) is 30.3 Å². The summed E-state index contributed by atoms with van der Waals surface area (Å²) < 4.78 is 1.75. The summed E-state index contributed by atoms with van der Waals surface area (Å²) in [5.41, 5.74) is 3.22. The minimum absolute atomic E-state index is 0.0209. The first-order valence-electron chi connectivity index (χ1n) is 7.40. The Bertz CT molecular complexity index is 1110.